The molecule has 4 heterocycles. The molecule has 0 atom stereocenters. The number of hydrogen-bond acceptors (Lipinski definition) is 2. The molecular formula is C82H75BN4. The molecule has 0 saturated carbocycles. The number of aromatic nitrogens is 2. The molecule has 4 nitrogen and oxygen atoms in total. The lowest BCUT2D eigenvalue weighted by Gasteiger charge is -2.45. The Morgan fingerprint density at radius 1 is 0.287 bits per heavy atom. The maximum atomic E-state index is 2.62. The summed E-state index contributed by atoms with van der Waals surface area (Å²) in [4.78, 5) is 5.24. The number of para-hydroxylation sites is 6. The number of fused-ring (bicyclic) bond motifs is 10. The monoisotopic (exact) mass is 1130 g/mol. The predicted octanol–water partition coefficient (Wildman–Crippen LogP) is 20.5. The van der Waals surface area contributed by atoms with Gasteiger partial charge in [0.05, 0.1) is 22.1 Å². The van der Waals surface area contributed by atoms with Gasteiger partial charge in [-0.2, -0.15) is 0 Å². The molecule has 87 heavy (non-hydrogen) atoms. The second-order valence-corrected chi connectivity index (χ2v) is 28.6. The van der Waals surface area contributed by atoms with E-state index in [0.717, 1.165) is 11.4 Å². The Morgan fingerprint density at radius 2 is 0.644 bits per heavy atom. The molecule has 2 aliphatic rings. The molecule has 0 unspecified atom stereocenters. The first kappa shape index (κ1) is 54.3. The third kappa shape index (κ3) is 8.63. The average molecular weight is 1130 g/mol. The number of benzene rings is 11. The number of nitrogens with zero attached hydrogens (tertiary/aromatic N) is 4. The number of anilines is 6. The van der Waals surface area contributed by atoms with Crippen molar-refractivity contribution in [1.29, 1.82) is 0 Å². The quantitative estimate of drug-likeness (QED) is 0.154. The summed E-state index contributed by atoms with van der Waals surface area (Å²) in [5.74, 6) is 0. The SMILES string of the molecule is CC(C)(C)c1ccc(-c2cccc3c4ccccc4n(-c4ccc5c(c4)N(c4ccccc4C(C)(C)C)c4cccc6c4B5c4ccc(-n5c7ccccc7c7cccc(-c8ccc(C(C)(C)C)cc8)c75)cc4N6c4ccccc4C(C)(C)C)c23)cc1. The Morgan fingerprint density at radius 3 is 1.05 bits per heavy atom. The molecule has 5 heteroatoms. The van der Waals surface area contributed by atoms with Gasteiger partial charge in [0, 0.05) is 78.2 Å². The van der Waals surface area contributed by atoms with Gasteiger partial charge in [0.25, 0.3) is 6.71 Å². The minimum Gasteiger partial charge on any atom is -0.311 e. The van der Waals surface area contributed by atoms with Gasteiger partial charge in [-0.25, -0.2) is 0 Å². The van der Waals surface area contributed by atoms with Crippen LogP contribution in [0.4, 0.5) is 34.1 Å². The van der Waals surface area contributed by atoms with E-state index in [0.29, 0.717) is 0 Å². The number of rotatable bonds is 6. The van der Waals surface area contributed by atoms with Crippen LogP contribution < -0.4 is 26.2 Å². The highest BCUT2D eigenvalue weighted by atomic mass is 15.2. The molecule has 0 bridgehead atoms. The zero-order valence-electron chi connectivity index (χ0n) is 52.4. The first-order valence-corrected chi connectivity index (χ1v) is 31.2. The highest BCUT2D eigenvalue weighted by Crippen LogP contribution is 2.50. The number of hydrogen-bond donors (Lipinski definition) is 0. The van der Waals surface area contributed by atoms with Crippen molar-refractivity contribution in [1.82, 2.24) is 9.13 Å². The molecular weight excluding hydrogens is 1050 g/mol. The molecule has 13 aromatic rings. The van der Waals surface area contributed by atoms with Crippen molar-refractivity contribution in [2.45, 2.75) is 105 Å². The summed E-state index contributed by atoms with van der Waals surface area (Å²) in [6.45, 7) is 27.8. The lowest BCUT2D eigenvalue weighted by molar-refractivity contribution is 0.590. The molecule has 15 rings (SSSR count). The molecule has 0 fully saturated rings. The van der Waals surface area contributed by atoms with Gasteiger partial charge in [-0.15, -0.1) is 0 Å². The Hall–Kier alpha value is -9.32. The van der Waals surface area contributed by atoms with Crippen molar-refractivity contribution < 1.29 is 0 Å². The van der Waals surface area contributed by atoms with Crippen LogP contribution in [0.3, 0.4) is 0 Å². The summed E-state index contributed by atoms with van der Waals surface area (Å²) >= 11 is 0. The van der Waals surface area contributed by atoms with Crippen LogP contribution in [0, 0.1) is 0 Å². The van der Waals surface area contributed by atoms with Gasteiger partial charge in [-0.3, -0.25) is 0 Å². The lowest BCUT2D eigenvalue weighted by Crippen LogP contribution is -2.61. The normalized spacial score (nSPS) is 13.4. The molecule has 0 saturated heterocycles. The van der Waals surface area contributed by atoms with Crippen molar-refractivity contribution in [2.75, 3.05) is 9.80 Å². The zero-order chi connectivity index (χ0) is 60.1. The third-order valence-corrected chi connectivity index (χ3v) is 18.9. The second kappa shape index (κ2) is 19.6. The van der Waals surface area contributed by atoms with Crippen LogP contribution >= 0.6 is 0 Å². The molecule has 0 radical (unpaired) electrons. The summed E-state index contributed by atoms with van der Waals surface area (Å²) < 4.78 is 5.09. The van der Waals surface area contributed by atoms with Crippen LogP contribution in [0.25, 0.3) is 77.2 Å². The van der Waals surface area contributed by atoms with Gasteiger partial charge in [-0.1, -0.05) is 259 Å². The summed E-state index contributed by atoms with van der Waals surface area (Å²) in [5, 5.41) is 4.97. The van der Waals surface area contributed by atoms with Crippen molar-refractivity contribution in [2.24, 2.45) is 0 Å². The highest BCUT2D eigenvalue weighted by molar-refractivity contribution is 7.00. The smallest absolute Gasteiger partial charge is 0.252 e. The highest BCUT2D eigenvalue weighted by Gasteiger charge is 2.45. The van der Waals surface area contributed by atoms with Crippen molar-refractivity contribution in [3.63, 3.8) is 0 Å². The van der Waals surface area contributed by atoms with Crippen LogP contribution in [0.15, 0.2) is 237 Å². The molecule has 0 aliphatic carbocycles. The Labute approximate surface area is 514 Å². The van der Waals surface area contributed by atoms with Gasteiger partial charge in [0.15, 0.2) is 0 Å². The third-order valence-electron chi connectivity index (χ3n) is 18.9. The maximum absolute atomic E-state index is 2.62. The van der Waals surface area contributed by atoms with E-state index in [1.165, 1.54) is 139 Å². The minimum absolute atomic E-state index is 0.0476. The Bertz CT molecular complexity index is 4600. The van der Waals surface area contributed by atoms with E-state index in [4.69, 9.17) is 0 Å². The van der Waals surface area contributed by atoms with E-state index in [1.807, 2.05) is 0 Å². The van der Waals surface area contributed by atoms with E-state index in [2.05, 4.69) is 339 Å². The maximum Gasteiger partial charge on any atom is 0.252 e. The fraction of sp³-hybridized carbons (Fsp3) is 0.195. The fourth-order valence-electron chi connectivity index (χ4n) is 14.6. The first-order valence-electron chi connectivity index (χ1n) is 31.2. The van der Waals surface area contributed by atoms with Gasteiger partial charge >= 0.3 is 0 Å². The minimum atomic E-state index is -0.159. The van der Waals surface area contributed by atoms with Crippen LogP contribution in [0.2, 0.25) is 0 Å². The molecule has 2 aromatic heterocycles. The molecule has 0 amide bonds. The van der Waals surface area contributed by atoms with Crippen LogP contribution in [0.1, 0.15) is 105 Å². The summed E-state index contributed by atoms with van der Waals surface area (Å²) in [6, 6.07) is 90.4. The standard InChI is InChI=1S/C82H75BN4/c1-79(2,3)54-42-38-52(39-43-54)58-26-21-28-62-60-24-13-17-32-68(60)84(77(58)62)56-46-48-66-74(50-56)86(70-34-19-15-30-64(70)81(7,8)9)72-36-23-37-73-76(72)83(66)67-49-47-57(51-75(67)87(73)71-35-20-16-31-65(71)82(10,11)12)85-69-33-18-14-25-61(69)63-29-22-27-59(78(63)85)53-40-44-55(45-41-53)80(4,5)6/h13-51H,1-12H3. The zero-order valence-corrected chi connectivity index (χ0v) is 52.4. The van der Waals surface area contributed by atoms with Crippen LogP contribution in [-0.2, 0) is 21.7 Å². The topological polar surface area (TPSA) is 16.3 Å². The van der Waals surface area contributed by atoms with E-state index in [-0.39, 0.29) is 28.4 Å². The van der Waals surface area contributed by atoms with Crippen LogP contribution in [0.5, 0.6) is 0 Å². The van der Waals surface area contributed by atoms with E-state index in [9.17, 15) is 0 Å². The average Bonchev–Trinajstić information content (AvgIpc) is 1.08. The molecule has 2 aliphatic heterocycles. The van der Waals surface area contributed by atoms with Crippen molar-refractivity contribution in [3.8, 4) is 33.6 Å². The lowest BCUT2D eigenvalue weighted by atomic mass is 9.33. The van der Waals surface area contributed by atoms with Gasteiger partial charge in [-0.05, 0) is 132 Å². The van der Waals surface area contributed by atoms with Crippen LogP contribution in [-0.4, -0.2) is 15.8 Å². The van der Waals surface area contributed by atoms with Crippen molar-refractivity contribution in [3.05, 3.63) is 259 Å². The summed E-state index contributed by atoms with van der Waals surface area (Å²) in [5.41, 5.74) is 27.9. The van der Waals surface area contributed by atoms with E-state index < -0.39 is 0 Å². The Balaban J connectivity index is 1.02. The summed E-state index contributed by atoms with van der Waals surface area (Å²) in [7, 11) is 0. The molecule has 426 valence electrons. The van der Waals surface area contributed by atoms with Crippen molar-refractivity contribution >= 4 is 101 Å². The first-order chi connectivity index (χ1) is 41.7. The fourth-order valence-corrected chi connectivity index (χ4v) is 14.6. The van der Waals surface area contributed by atoms with Gasteiger partial charge in [0.2, 0.25) is 0 Å². The van der Waals surface area contributed by atoms with Gasteiger partial charge < -0.3 is 18.9 Å². The Kier molecular flexibility index (Phi) is 12.2. The van der Waals surface area contributed by atoms with Gasteiger partial charge in [0.1, 0.15) is 0 Å². The predicted molar refractivity (Wildman–Crippen MR) is 375 cm³/mol. The largest absolute Gasteiger partial charge is 0.311 e. The van der Waals surface area contributed by atoms with E-state index in [1.54, 1.807) is 0 Å². The molecule has 0 spiro atoms. The second-order valence-electron chi connectivity index (χ2n) is 28.6. The molecule has 0 N–H and O–H groups in total. The molecule has 11 aromatic carbocycles. The summed E-state index contributed by atoms with van der Waals surface area (Å²) in [6.07, 6.45) is 0. The van der Waals surface area contributed by atoms with E-state index >= 15 is 0 Å².